The van der Waals surface area contributed by atoms with E-state index < -0.39 is 5.97 Å². The molecule has 0 aliphatic heterocycles. The number of phenols is 1. The maximum atomic E-state index is 11.9. The zero-order chi connectivity index (χ0) is 21.6. The number of carbonyl (C=O) groups is 1. The van der Waals surface area contributed by atoms with Crippen LogP contribution in [0.5, 0.6) is 23.0 Å². The fourth-order valence-corrected chi connectivity index (χ4v) is 2.96. The molecule has 0 radical (unpaired) electrons. The van der Waals surface area contributed by atoms with Gasteiger partial charge in [-0.3, -0.25) is 0 Å². The van der Waals surface area contributed by atoms with Crippen molar-refractivity contribution in [2.45, 2.75) is 20.3 Å². The Bertz CT molecular complexity index is 930. The lowest BCUT2D eigenvalue weighted by Crippen LogP contribution is -2.04. The van der Waals surface area contributed by atoms with Crippen LogP contribution in [-0.4, -0.2) is 37.5 Å². The predicted molar refractivity (Wildman–Crippen MR) is 113 cm³/mol. The molecule has 0 aromatic heterocycles. The van der Waals surface area contributed by atoms with Crippen LogP contribution >= 0.6 is 0 Å². The Morgan fingerprint density at radius 2 is 1.59 bits per heavy atom. The molecule has 6 heteroatoms. The summed E-state index contributed by atoms with van der Waals surface area (Å²) >= 11 is 0. The lowest BCUT2D eigenvalue weighted by atomic mass is 9.97. The summed E-state index contributed by atoms with van der Waals surface area (Å²) in [4.78, 5) is 11.9. The van der Waals surface area contributed by atoms with Crippen LogP contribution in [0.25, 0.3) is 12.2 Å². The van der Waals surface area contributed by atoms with E-state index in [-0.39, 0.29) is 11.3 Å². The molecule has 0 spiro atoms. The summed E-state index contributed by atoms with van der Waals surface area (Å²) in [5.74, 6) is 0.0376. The Hall–Kier alpha value is -3.41. The van der Waals surface area contributed by atoms with Gasteiger partial charge in [-0.05, 0) is 50.1 Å². The van der Waals surface area contributed by atoms with Crippen LogP contribution in [0.15, 0.2) is 35.9 Å². The molecular weight excluding hydrogens is 372 g/mol. The van der Waals surface area contributed by atoms with Crippen molar-refractivity contribution in [1.29, 1.82) is 0 Å². The Labute approximate surface area is 170 Å². The second kappa shape index (κ2) is 9.68. The number of aromatic carboxylic acids is 1. The summed E-state index contributed by atoms with van der Waals surface area (Å²) in [5.41, 5.74) is 2.25. The standard InChI is InChI=1S/C23H26O6/c1-14(2)9-11-17-20(29-5)13-15(21(22(17)24)23(25)26)10-12-16-18(27-3)7-6-8-19(16)28-4/h6-10,12-13,24H,11H2,1-5H3,(H,25,26)/b12-10+. The average Bonchev–Trinajstić information content (AvgIpc) is 2.69. The third kappa shape index (κ3) is 4.90. The van der Waals surface area contributed by atoms with E-state index in [4.69, 9.17) is 14.2 Å². The molecule has 0 fully saturated rings. The van der Waals surface area contributed by atoms with Crippen LogP contribution in [0.4, 0.5) is 0 Å². The van der Waals surface area contributed by atoms with Gasteiger partial charge in [-0.15, -0.1) is 0 Å². The highest BCUT2D eigenvalue weighted by molar-refractivity contribution is 5.97. The van der Waals surface area contributed by atoms with E-state index in [1.807, 2.05) is 19.9 Å². The van der Waals surface area contributed by atoms with Crippen molar-refractivity contribution in [2.75, 3.05) is 21.3 Å². The van der Waals surface area contributed by atoms with Gasteiger partial charge in [0, 0.05) is 5.56 Å². The molecule has 0 bridgehead atoms. The van der Waals surface area contributed by atoms with Crippen LogP contribution in [0.1, 0.15) is 40.9 Å². The zero-order valence-electron chi connectivity index (χ0n) is 17.3. The summed E-state index contributed by atoms with van der Waals surface area (Å²) in [5, 5.41) is 20.4. The van der Waals surface area contributed by atoms with Gasteiger partial charge in [0.05, 0.1) is 26.9 Å². The van der Waals surface area contributed by atoms with E-state index in [0.29, 0.717) is 40.4 Å². The molecule has 0 saturated heterocycles. The van der Waals surface area contributed by atoms with Crippen LogP contribution in [0.2, 0.25) is 0 Å². The number of hydrogen-bond donors (Lipinski definition) is 2. The minimum absolute atomic E-state index is 0.187. The van der Waals surface area contributed by atoms with Gasteiger partial charge >= 0.3 is 5.97 Å². The number of methoxy groups -OCH3 is 3. The van der Waals surface area contributed by atoms with Crippen molar-refractivity contribution >= 4 is 18.1 Å². The van der Waals surface area contributed by atoms with E-state index in [2.05, 4.69) is 0 Å². The van der Waals surface area contributed by atoms with Gasteiger partial charge in [-0.25, -0.2) is 4.79 Å². The highest BCUT2D eigenvalue weighted by atomic mass is 16.5. The number of allylic oxidation sites excluding steroid dienone is 2. The van der Waals surface area contributed by atoms with E-state index in [0.717, 1.165) is 5.57 Å². The van der Waals surface area contributed by atoms with Crippen molar-refractivity contribution in [3.63, 3.8) is 0 Å². The lowest BCUT2D eigenvalue weighted by molar-refractivity contribution is 0.0693. The Kier molecular flexibility index (Phi) is 7.31. The van der Waals surface area contributed by atoms with Crippen LogP contribution < -0.4 is 14.2 Å². The minimum atomic E-state index is -1.23. The first-order valence-electron chi connectivity index (χ1n) is 9.02. The molecule has 2 aromatic rings. The SMILES string of the molecule is COc1cccc(OC)c1/C=C/c1cc(OC)c(CC=C(C)C)c(O)c1C(=O)O. The molecule has 29 heavy (non-hydrogen) atoms. The molecule has 0 aliphatic carbocycles. The van der Waals surface area contributed by atoms with Crippen molar-refractivity contribution in [2.24, 2.45) is 0 Å². The maximum absolute atomic E-state index is 11.9. The van der Waals surface area contributed by atoms with Gasteiger partial charge in [-0.1, -0.05) is 23.8 Å². The predicted octanol–water partition coefficient (Wildman–Crippen LogP) is 4.80. The van der Waals surface area contributed by atoms with Gasteiger partial charge in [0.1, 0.15) is 28.6 Å². The number of hydrogen-bond acceptors (Lipinski definition) is 5. The van der Waals surface area contributed by atoms with Gasteiger partial charge in [0.25, 0.3) is 0 Å². The fourth-order valence-electron chi connectivity index (χ4n) is 2.96. The molecule has 2 rings (SSSR count). The maximum Gasteiger partial charge on any atom is 0.340 e. The fraction of sp³-hybridized carbons (Fsp3) is 0.261. The molecule has 0 amide bonds. The van der Waals surface area contributed by atoms with E-state index in [1.54, 1.807) is 50.6 Å². The Morgan fingerprint density at radius 1 is 1.00 bits per heavy atom. The summed E-state index contributed by atoms with van der Waals surface area (Å²) in [7, 11) is 4.57. The Morgan fingerprint density at radius 3 is 2.07 bits per heavy atom. The molecule has 154 valence electrons. The van der Waals surface area contributed by atoms with E-state index >= 15 is 0 Å². The first-order chi connectivity index (χ1) is 13.8. The second-order valence-electron chi connectivity index (χ2n) is 6.57. The number of carboxylic acids is 1. The molecule has 0 heterocycles. The van der Waals surface area contributed by atoms with Gasteiger partial charge in [0.2, 0.25) is 0 Å². The molecule has 2 N–H and O–H groups in total. The summed E-state index contributed by atoms with van der Waals surface area (Å²) in [6.45, 7) is 3.86. The quantitative estimate of drug-likeness (QED) is 0.491. The van der Waals surface area contributed by atoms with Crippen LogP contribution in [-0.2, 0) is 6.42 Å². The number of rotatable bonds is 8. The summed E-state index contributed by atoms with van der Waals surface area (Å²) < 4.78 is 16.1. The lowest BCUT2D eigenvalue weighted by Gasteiger charge is -2.15. The minimum Gasteiger partial charge on any atom is -0.507 e. The van der Waals surface area contributed by atoms with E-state index in [9.17, 15) is 15.0 Å². The number of benzene rings is 2. The molecular formula is C23H26O6. The van der Waals surface area contributed by atoms with Gasteiger partial charge in [0.15, 0.2) is 0 Å². The molecule has 2 aromatic carbocycles. The van der Waals surface area contributed by atoms with Crippen LogP contribution in [0.3, 0.4) is 0 Å². The molecule has 0 unspecified atom stereocenters. The smallest absolute Gasteiger partial charge is 0.340 e. The Balaban J connectivity index is 2.65. The molecule has 6 nitrogen and oxygen atoms in total. The average molecular weight is 398 g/mol. The van der Waals surface area contributed by atoms with Crippen LogP contribution in [0, 0.1) is 0 Å². The topological polar surface area (TPSA) is 85.2 Å². The number of ether oxygens (including phenoxy) is 3. The molecule has 0 aliphatic rings. The summed E-state index contributed by atoms with van der Waals surface area (Å²) in [6, 6.07) is 6.96. The monoisotopic (exact) mass is 398 g/mol. The van der Waals surface area contributed by atoms with Crippen molar-refractivity contribution in [3.8, 4) is 23.0 Å². The molecule has 0 saturated carbocycles. The third-order valence-corrected chi connectivity index (χ3v) is 4.44. The van der Waals surface area contributed by atoms with Crippen molar-refractivity contribution in [1.82, 2.24) is 0 Å². The largest absolute Gasteiger partial charge is 0.507 e. The molecule has 0 atom stereocenters. The second-order valence-corrected chi connectivity index (χ2v) is 6.57. The summed E-state index contributed by atoms with van der Waals surface area (Å²) in [6.07, 6.45) is 5.55. The number of carboxylic acid groups (broad SMARTS) is 1. The van der Waals surface area contributed by atoms with Crippen molar-refractivity contribution in [3.05, 3.63) is 58.2 Å². The van der Waals surface area contributed by atoms with Crippen molar-refractivity contribution < 1.29 is 29.2 Å². The third-order valence-electron chi connectivity index (χ3n) is 4.44. The number of aromatic hydroxyl groups is 1. The zero-order valence-corrected chi connectivity index (χ0v) is 17.3. The van der Waals surface area contributed by atoms with Gasteiger partial charge < -0.3 is 24.4 Å². The van der Waals surface area contributed by atoms with E-state index in [1.165, 1.54) is 7.11 Å². The van der Waals surface area contributed by atoms with Gasteiger partial charge in [-0.2, -0.15) is 0 Å². The first-order valence-corrected chi connectivity index (χ1v) is 9.02. The first kappa shape index (κ1) is 21.9. The normalized spacial score (nSPS) is 10.7. The highest BCUT2D eigenvalue weighted by Crippen LogP contribution is 2.37. The highest BCUT2D eigenvalue weighted by Gasteiger charge is 2.21.